The Morgan fingerprint density at radius 2 is 1.82 bits per heavy atom. The van der Waals surface area contributed by atoms with Gasteiger partial charge in [-0.2, -0.15) is 0 Å². The molecule has 1 aliphatic carbocycles. The molecule has 0 spiro atoms. The maximum absolute atomic E-state index is 9.38. The van der Waals surface area contributed by atoms with Gasteiger partial charge in [0.1, 0.15) is 0 Å². The fraction of sp³-hybridized carbons (Fsp3) is 0.571. The minimum Gasteiger partial charge on any atom is -0.504 e. The van der Waals surface area contributed by atoms with Crippen LogP contribution in [-0.2, 0) is 6.42 Å². The van der Waals surface area contributed by atoms with Gasteiger partial charge in [-0.1, -0.05) is 25.3 Å². The number of phenolic OH excluding ortho intramolecular Hbond substituents is 2. The monoisotopic (exact) mass is 235 g/mol. The van der Waals surface area contributed by atoms with Crippen molar-refractivity contribution in [2.24, 2.45) is 0 Å². The molecule has 0 saturated heterocycles. The fourth-order valence-electron chi connectivity index (χ4n) is 2.45. The van der Waals surface area contributed by atoms with Crippen molar-refractivity contribution in [2.75, 3.05) is 6.54 Å². The zero-order valence-electron chi connectivity index (χ0n) is 10.2. The van der Waals surface area contributed by atoms with E-state index < -0.39 is 0 Å². The first kappa shape index (κ1) is 12.2. The molecule has 1 aromatic carbocycles. The van der Waals surface area contributed by atoms with Crippen molar-refractivity contribution in [3.63, 3.8) is 0 Å². The van der Waals surface area contributed by atoms with Crippen LogP contribution in [0.3, 0.4) is 0 Å². The zero-order chi connectivity index (χ0) is 12.1. The molecule has 0 amide bonds. The number of aromatic hydroxyl groups is 2. The quantitative estimate of drug-likeness (QED) is 0.703. The van der Waals surface area contributed by atoms with Gasteiger partial charge in [-0.3, -0.25) is 0 Å². The van der Waals surface area contributed by atoms with Crippen molar-refractivity contribution in [2.45, 2.75) is 44.6 Å². The van der Waals surface area contributed by atoms with E-state index in [1.807, 2.05) is 6.07 Å². The summed E-state index contributed by atoms with van der Waals surface area (Å²) in [6, 6.07) is 5.72. The Morgan fingerprint density at radius 3 is 2.53 bits per heavy atom. The number of nitrogens with one attached hydrogen (secondary N) is 1. The summed E-state index contributed by atoms with van der Waals surface area (Å²) < 4.78 is 0. The van der Waals surface area contributed by atoms with Crippen LogP contribution in [0.1, 0.15) is 37.7 Å². The zero-order valence-corrected chi connectivity index (χ0v) is 10.2. The lowest BCUT2D eigenvalue weighted by atomic mass is 9.95. The summed E-state index contributed by atoms with van der Waals surface area (Å²) in [5.41, 5.74) is 1.06. The molecule has 94 valence electrons. The molecular formula is C14H21NO2. The van der Waals surface area contributed by atoms with Crippen molar-refractivity contribution in [1.82, 2.24) is 5.32 Å². The normalized spacial score (nSPS) is 17.2. The minimum absolute atomic E-state index is 0.0276. The lowest BCUT2D eigenvalue weighted by molar-refractivity contribution is 0.375. The van der Waals surface area contributed by atoms with E-state index in [-0.39, 0.29) is 11.5 Å². The van der Waals surface area contributed by atoms with Crippen LogP contribution in [0.2, 0.25) is 0 Å². The Hall–Kier alpha value is -1.22. The van der Waals surface area contributed by atoms with Crippen LogP contribution in [0, 0.1) is 0 Å². The number of phenols is 2. The lowest BCUT2D eigenvalue weighted by Crippen LogP contribution is -2.32. The van der Waals surface area contributed by atoms with Crippen LogP contribution in [-0.4, -0.2) is 22.8 Å². The van der Waals surface area contributed by atoms with Gasteiger partial charge in [-0.15, -0.1) is 0 Å². The highest BCUT2D eigenvalue weighted by Crippen LogP contribution is 2.25. The first-order valence-corrected chi connectivity index (χ1v) is 6.50. The number of rotatable bonds is 4. The molecule has 0 bridgehead atoms. The van der Waals surface area contributed by atoms with Crippen molar-refractivity contribution >= 4 is 0 Å². The molecule has 0 atom stereocenters. The minimum atomic E-state index is -0.0472. The summed E-state index contributed by atoms with van der Waals surface area (Å²) >= 11 is 0. The van der Waals surface area contributed by atoms with E-state index in [0.29, 0.717) is 6.04 Å². The summed E-state index contributed by atoms with van der Waals surface area (Å²) in [6.07, 6.45) is 7.55. The molecule has 1 aliphatic rings. The van der Waals surface area contributed by atoms with Crippen molar-refractivity contribution in [3.05, 3.63) is 23.8 Å². The third kappa shape index (κ3) is 3.63. The van der Waals surface area contributed by atoms with Crippen molar-refractivity contribution in [3.8, 4) is 11.5 Å². The second-order valence-electron chi connectivity index (χ2n) is 4.86. The number of hydrogen-bond acceptors (Lipinski definition) is 3. The smallest absolute Gasteiger partial charge is 0.157 e. The van der Waals surface area contributed by atoms with Crippen LogP contribution < -0.4 is 5.32 Å². The third-order valence-corrected chi connectivity index (χ3v) is 3.49. The molecule has 0 heterocycles. The van der Waals surface area contributed by atoms with Crippen LogP contribution in [0.5, 0.6) is 11.5 Å². The van der Waals surface area contributed by atoms with Crippen LogP contribution in [0.4, 0.5) is 0 Å². The largest absolute Gasteiger partial charge is 0.504 e. The lowest BCUT2D eigenvalue weighted by Gasteiger charge is -2.22. The van der Waals surface area contributed by atoms with E-state index in [9.17, 15) is 10.2 Å². The van der Waals surface area contributed by atoms with Crippen LogP contribution >= 0.6 is 0 Å². The van der Waals surface area contributed by atoms with Crippen LogP contribution in [0.25, 0.3) is 0 Å². The molecule has 2 rings (SSSR count). The second kappa shape index (κ2) is 5.92. The molecule has 17 heavy (non-hydrogen) atoms. The average Bonchev–Trinajstić information content (AvgIpc) is 2.35. The molecule has 3 heteroatoms. The number of benzene rings is 1. The fourth-order valence-corrected chi connectivity index (χ4v) is 2.45. The highest BCUT2D eigenvalue weighted by Gasteiger charge is 2.11. The van der Waals surface area contributed by atoms with E-state index in [1.54, 1.807) is 12.1 Å². The maximum atomic E-state index is 9.38. The molecule has 3 N–H and O–H groups in total. The van der Waals surface area contributed by atoms with Gasteiger partial charge < -0.3 is 15.5 Å². The Morgan fingerprint density at radius 1 is 1.06 bits per heavy atom. The first-order chi connectivity index (χ1) is 8.25. The Balaban J connectivity index is 1.75. The summed E-state index contributed by atoms with van der Waals surface area (Å²) in [4.78, 5) is 0. The molecule has 1 aromatic rings. The van der Waals surface area contributed by atoms with Gasteiger partial charge in [0.2, 0.25) is 0 Å². The summed E-state index contributed by atoms with van der Waals surface area (Å²) in [5, 5.41) is 22.1. The van der Waals surface area contributed by atoms with Gasteiger partial charge in [-0.25, -0.2) is 0 Å². The first-order valence-electron chi connectivity index (χ1n) is 6.50. The highest BCUT2D eigenvalue weighted by molar-refractivity contribution is 5.40. The van der Waals surface area contributed by atoms with E-state index in [2.05, 4.69) is 5.32 Å². The van der Waals surface area contributed by atoms with E-state index in [4.69, 9.17) is 0 Å². The summed E-state index contributed by atoms with van der Waals surface area (Å²) in [7, 11) is 0. The predicted molar refractivity (Wildman–Crippen MR) is 68.4 cm³/mol. The van der Waals surface area contributed by atoms with Gasteiger partial charge in [0.25, 0.3) is 0 Å². The van der Waals surface area contributed by atoms with Crippen LogP contribution in [0.15, 0.2) is 18.2 Å². The number of hydrogen-bond donors (Lipinski definition) is 3. The van der Waals surface area contributed by atoms with Crippen molar-refractivity contribution in [1.29, 1.82) is 0 Å². The molecule has 0 radical (unpaired) electrons. The highest BCUT2D eigenvalue weighted by atomic mass is 16.3. The molecule has 3 nitrogen and oxygen atoms in total. The Bertz CT molecular complexity index is 359. The van der Waals surface area contributed by atoms with Gasteiger partial charge in [0.15, 0.2) is 11.5 Å². The molecule has 0 aromatic heterocycles. The third-order valence-electron chi connectivity index (χ3n) is 3.49. The molecule has 1 saturated carbocycles. The van der Waals surface area contributed by atoms with Gasteiger partial charge in [-0.05, 0) is 43.5 Å². The molecular weight excluding hydrogens is 214 g/mol. The SMILES string of the molecule is Oc1ccc(CCNC2CCCCC2)cc1O. The van der Waals surface area contributed by atoms with E-state index >= 15 is 0 Å². The predicted octanol–water partition coefficient (Wildman–Crippen LogP) is 2.56. The average molecular weight is 235 g/mol. The van der Waals surface area contributed by atoms with E-state index in [0.717, 1.165) is 18.5 Å². The van der Waals surface area contributed by atoms with E-state index in [1.165, 1.54) is 32.1 Å². The Kier molecular flexibility index (Phi) is 4.26. The van der Waals surface area contributed by atoms with Crippen molar-refractivity contribution < 1.29 is 10.2 Å². The second-order valence-corrected chi connectivity index (χ2v) is 4.86. The van der Waals surface area contributed by atoms with Gasteiger partial charge in [0, 0.05) is 6.04 Å². The standard InChI is InChI=1S/C14H21NO2/c16-13-7-6-11(10-14(13)17)8-9-15-12-4-2-1-3-5-12/h6-7,10,12,15-17H,1-5,8-9H2. The molecule has 1 fully saturated rings. The van der Waals surface area contributed by atoms with Gasteiger partial charge >= 0.3 is 0 Å². The topological polar surface area (TPSA) is 52.5 Å². The maximum Gasteiger partial charge on any atom is 0.157 e. The summed E-state index contributed by atoms with van der Waals surface area (Å²) in [6.45, 7) is 0.939. The Labute approximate surface area is 102 Å². The summed E-state index contributed by atoms with van der Waals surface area (Å²) in [5.74, 6) is -0.0749. The van der Waals surface area contributed by atoms with Gasteiger partial charge in [0.05, 0.1) is 0 Å². The molecule has 0 unspecified atom stereocenters. The molecule has 0 aliphatic heterocycles.